The Bertz CT molecular complexity index is 692. The molecule has 0 amide bonds. The molecule has 1 N–H and O–H groups in total. The van der Waals surface area contributed by atoms with Crippen LogP contribution >= 0.6 is 11.3 Å². The van der Waals surface area contributed by atoms with Gasteiger partial charge in [-0.25, -0.2) is 4.98 Å². The van der Waals surface area contributed by atoms with Gasteiger partial charge >= 0.3 is 0 Å². The number of aromatic nitrogens is 1. The fourth-order valence-electron chi connectivity index (χ4n) is 2.08. The molecule has 2 aromatic heterocycles. The molecule has 2 heterocycles. The zero-order valence-corrected chi connectivity index (χ0v) is 12.5. The Morgan fingerprint density at radius 3 is 2.90 bits per heavy atom. The largest absolute Gasteiger partial charge is 0.496 e. The summed E-state index contributed by atoms with van der Waals surface area (Å²) in [6.45, 7) is 1.47. The second-order valence-corrected chi connectivity index (χ2v) is 5.39. The van der Waals surface area contributed by atoms with Crippen LogP contribution in [-0.4, -0.2) is 12.1 Å². The van der Waals surface area contributed by atoms with E-state index in [2.05, 4.69) is 16.4 Å². The van der Waals surface area contributed by atoms with Crippen LogP contribution < -0.4 is 10.1 Å². The first-order valence-corrected chi connectivity index (χ1v) is 7.55. The molecule has 0 saturated heterocycles. The summed E-state index contributed by atoms with van der Waals surface area (Å²) < 4.78 is 10.7. The minimum absolute atomic E-state index is 0.718. The van der Waals surface area contributed by atoms with E-state index in [-0.39, 0.29) is 0 Å². The van der Waals surface area contributed by atoms with Crippen molar-refractivity contribution >= 4 is 11.3 Å². The maximum Gasteiger partial charge on any atom is 0.162 e. The summed E-state index contributed by atoms with van der Waals surface area (Å²) in [5.41, 5.74) is 2.16. The summed E-state index contributed by atoms with van der Waals surface area (Å²) in [6, 6.07) is 11.8. The van der Waals surface area contributed by atoms with Gasteiger partial charge in [-0.05, 0) is 18.2 Å². The first kappa shape index (κ1) is 13.9. The second-order valence-electron chi connectivity index (χ2n) is 4.54. The first-order chi connectivity index (χ1) is 10.4. The molecule has 3 rings (SSSR count). The van der Waals surface area contributed by atoms with Crippen LogP contribution in [-0.2, 0) is 13.1 Å². The van der Waals surface area contributed by atoms with E-state index in [9.17, 15) is 0 Å². The second kappa shape index (κ2) is 6.56. The van der Waals surface area contributed by atoms with Crippen molar-refractivity contribution in [2.75, 3.05) is 7.11 Å². The lowest BCUT2D eigenvalue weighted by Gasteiger charge is -2.08. The summed E-state index contributed by atoms with van der Waals surface area (Å²) in [5.74, 6) is 1.72. The molecular formula is C16H16N2O2S. The van der Waals surface area contributed by atoms with Gasteiger partial charge in [0.1, 0.15) is 5.75 Å². The van der Waals surface area contributed by atoms with Gasteiger partial charge < -0.3 is 14.5 Å². The van der Waals surface area contributed by atoms with Gasteiger partial charge in [-0.15, -0.1) is 11.3 Å². The van der Waals surface area contributed by atoms with E-state index in [1.807, 2.05) is 35.7 Å². The quantitative estimate of drug-likeness (QED) is 0.754. The lowest BCUT2D eigenvalue weighted by atomic mass is 10.2. The Labute approximate surface area is 127 Å². The van der Waals surface area contributed by atoms with Crippen molar-refractivity contribution in [1.82, 2.24) is 10.3 Å². The van der Waals surface area contributed by atoms with Crippen LogP contribution in [0.15, 0.2) is 52.5 Å². The molecular weight excluding hydrogens is 284 g/mol. The predicted molar refractivity (Wildman–Crippen MR) is 83.4 cm³/mol. The molecule has 108 valence electrons. The fraction of sp³-hybridized carbons (Fsp3) is 0.188. The molecule has 4 nitrogen and oxygen atoms in total. The third kappa shape index (κ3) is 3.32. The number of rotatable bonds is 6. The molecule has 0 spiro atoms. The van der Waals surface area contributed by atoms with Crippen LogP contribution in [0.2, 0.25) is 0 Å². The maximum atomic E-state index is 5.35. The maximum absolute atomic E-state index is 5.35. The van der Waals surface area contributed by atoms with E-state index < -0.39 is 0 Å². The van der Waals surface area contributed by atoms with Gasteiger partial charge in [0.15, 0.2) is 10.8 Å². The molecule has 0 unspecified atom stereocenters. The molecule has 5 heteroatoms. The predicted octanol–water partition coefficient (Wildman–Crippen LogP) is 3.70. The molecule has 21 heavy (non-hydrogen) atoms. The van der Waals surface area contributed by atoms with Crippen molar-refractivity contribution in [2.24, 2.45) is 0 Å². The molecule has 0 atom stereocenters. The Balaban J connectivity index is 1.58. The molecule has 1 aromatic carbocycles. The monoisotopic (exact) mass is 300 g/mol. The van der Waals surface area contributed by atoms with Crippen molar-refractivity contribution in [3.63, 3.8) is 0 Å². The topological polar surface area (TPSA) is 47.3 Å². The lowest BCUT2D eigenvalue weighted by Crippen LogP contribution is -2.13. The molecule has 0 fully saturated rings. The van der Waals surface area contributed by atoms with E-state index in [1.165, 1.54) is 0 Å². The van der Waals surface area contributed by atoms with Gasteiger partial charge in [0.05, 0.1) is 19.1 Å². The minimum atomic E-state index is 0.718. The summed E-state index contributed by atoms with van der Waals surface area (Å²) in [7, 11) is 1.69. The highest BCUT2D eigenvalue weighted by Crippen LogP contribution is 2.24. The van der Waals surface area contributed by atoms with Crippen molar-refractivity contribution in [2.45, 2.75) is 13.1 Å². The molecule has 0 aliphatic heterocycles. The standard InChI is InChI=1S/C16H16N2O2S/c1-19-14-6-3-2-5-12(14)9-17-10-13-11-21-16(18-13)15-7-4-8-20-15/h2-8,11,17H,9-10H2,1H3. The third-order valence-electron chi connectivity index (χ3n) is 3.10. The Kier molecular flexibility index (Phi) is 4.33. The molecule has 0 aliphatic carbocycles. The van der Waals surface area contributed by atoms with Crippen LogP contribution in [0.5, 0.6) is 5.75 Å². The van der Waals surface area contributed by atoms with E-state index in [4.69, 9.17) is 9.15 Å². The Hall–Kier alpha value is -2.11. The van der Waals surface area contributed by atoms with Gasteiger partial charge in [-0.2, -0.15) is 0 Å². The minimum Gasteiger partial charge on any atom is -0.496 e. The van der Waals surface area contributed by atoms with Crippen LogP contribution in [0.4, 0.5) is 0 Å². The number of hydrogen-bond donors (Lipinski definition) is 1. The van der Waals surface area contributed by atoms with E-state index >= 15 is 0 Å². The highest BCUT2D eigenvalue weighted by Gasteiger charge is 2.07. The summed E-state index contributed by atoms with van der Waals surface area (Å²) in [6.07, 6.45) is 1.66. The average Bonchev–Trinajstić information content (AvgIpc) is 3.18. The number of ether oxygens (including phenoxy) is 1. The highest BCUT2D eigenvalue weighted by atomic mass is 32.1. The number of nitrogens with one attached hydrogen (secondary N) is 1. The first-order valence-electron chi connectivity index (χ1n) is 6.67. The number of furan rings is 1. The van der Waals surface area contributed by atoms with Crippen LogP contribution in [0.3, 0.4) is 0 Å². The van der Waals surface area contributed by atoms with Gasteiger partial charge in [0, 0.05) is 24.0 Å². The van der Waals surface area contributed by atoms with Crippen LogP contribution in [0.25, 0.3) is 10.8 Å². The lowest BCUT2D eigenvalue weighted by molar-refractivity contribution is 0.407. The van der Waals surface area contributed by atoms with Crippen molar-refractivity contribution in [3.8, 4) is 16.5 Å². The zero-order valence-electron chi connectivity index (χ0n) is 11.7. The summed E-state index contributed by atoms with van der Waals surface area (Å²) >= 11 is 1.59. The van der Waals surface area contributed by atoms with Crippen molar-refractivity contribution in [3.05, 3.63) is 59.3 Å². The zero-order chi connectivity index (χ0) is 14.5. The van der Waals surface area contributed by atoms with Crippen molar-refractivity contribution in [1.29, 1.82) is 0 Å². The summed E-state index contributed by atoms with van der Waals surface area (Å²) in [5, 5.41) is 6.34. The molecule has 0 saturated carbocycles. The highest BCUT2D eigenvalue weighted by molar-refractivity contribution is 7.13. The van der Waals surface area contributed by atoms with Crippen LogP contribution in [0, 0.1) is 0 Å². The van der Waals surface area contributed by atoms with E-state index in [1.54, 1.807) is 24.7 Å². The normalized spacial score (nSPS) is 10.7. The number of methoxy groups -OCH3 is 1. The number of para-hydroxylation sites is 1. The Morgan fingerprint density at radius 1 is 1.19 bits per heavy atom. The van der Waals surface area contributed by atoms with E-state index in [0.29, 0.717) is 0 Å². The fourth-order valence-corrected chi connectivity index (χ4v) is 2.86. The number of hydrogen-bond acceptors (Lipinski definition) is 5. The molecule has 0 aliphatic rings. The molecule has 0 bridgehead atoms. The average molecular weight is 300 g/mol. The van der Waals surface area contributed by atoms with Crippen molar-refractivity contribution < 1.29 is 9.15 Å². The summed E-state index contributed by atoms with van der Waals surface area (Å²) in [4.78, 5) is 4.56. The van der Waals surface area contributed by atoms with Gasteiger partial charge in [0.25, 0.3) is 0 Å². The molecule has 0 radical (unpaired) electrons. The number of benzene rings is 1. The third-order valence-corrected chi connectivity index (χ3v) is 4.00. The van der Waals surface area contributed by atoms with Gasteiger partial charge in [-0.1, -0.05) is 18.2 Å². The smallest absolute Gasteiger partial charge is 0.162 e. The molecule has 3 aromatic rings. The number of thiazole rings is 1. The number of nitrogens with zero attached hydrogens (tertiary/aromatic N) is 1. The van der Waals surface area contributed by atoms with E-state index in [0.717, 1.165) is 40.9 Å². The SMILES string of the molecule is COc1ccccc1CNCc1csc(-c2ccco2)n1. The Morgan fingerprint density at radius 2 is 2.10 bits per heavy atom. The van der Waals surface area contributed by atoms with Gasteiger partial charge in [-0.3, -0.25) is 0 Å². The van der Waals surface area contributed by atoms with Gasteiger partial charge in [0.2, 0.25) is 0 Å². The van der Waals surface area contributed by atoms with Crippen LogP contribution in [0.1, 0.15) is 11.3 Å².